The molecule has 0 amide bonds. The van der Waals surface area contributed by atoms with Crippen molar-refractivity contribution in [3.05, 3.63) is 304 Å². The molecule has 0 fully saturated rings. The van der Waals surface area contributed by atoms with E-state index < -0.39 is 0 Å². The molecule has 0 bridgehead atoms. The highest BCUT2D eigenvalue weighted by atomic mass is 16.3. The lowest BCUT2D eigenvalue weighted by atomic mass is 9.70. The van der Waals surface area contributed by atoms with E-state index in [1.807, 2.05) is 0 Å². The number of fused-ring (bicyclic) bond motifs is 23. The van der Waals surface area contributed by atoms with Gasteiger partial charge in [0.25, 0.3) is 0 Å². The van der Waals surface area contributed by atoms with Crippen molar-refractivity contribution in [3.8, 4) is 89.0 Å². The van der Waals surface area contributed by atoms with Gasteiger partial charge in [0.2, 0.25) is 0 Å². The van der Waals surface area contributed by atoms with Gasteiger partial charge < -0.3 is 13.7 Å². The average Bonchev–Trinajstić information content (AvgIpc) is 1.54. The first kappa shape index (κ1) is 66.7. The summed E-state index contributed by atoms with van der Waals surface area (Å²) in [6.45, 7) is 24.1. The van der Waals surface area contributed by atoms with Crippen molar-refractivity contribution >= 4 is 60.9 Å². The van der Waals surface area contributed by atoms with Crippen molar-refractivity contribution in [2.75, 3.05) is 4.90 Å². The molecule has 5 aliphatic carbocycles. The van der Waals surface area contributed by atoms with E-state index in [1.54, 1.807) is 11.1 Å². The zero-order valence-electron chi connectivity index (χ0n) is 64.4. The van der Waals surface area contributed by atoms with Crippen LogP contribution in [0, 0.1) is 0 Å². The van der Waals surface area contributed by atoms with Crippen LogP contribution in [0.2, 0.25) is 0 Å². The van der Waals surface area contributed by atoms with Crippen LogP contribution in [-0.2, 0) is 27.1 Å². The van der Waals surface area contributed by atoms with Gasteiger partial charge >= 0.3 is 0 Å². The summed E-state index contributed by atoms with van der Waals surface area (Å²) < 4.78 is 13.6. The third-order valence-corrected chi connectivity index (χ3v) is 27.0. The summed E-state index contributed by atoms with van der Waals surface area (Å²) in [6.07, 6.45) is 15.5. The maximum absolute atomic E-state index is 7.11. The minimum Gasteiger partial charge on any atom is -0.456 e. The number of unbranched alkanes of at least 4 members (excludes halogenated alkanes) is 8. The first-order valence-electron chi connectivity index (χ1n) is 40.4. The summed E-state index contributed by atoms with van der Waals surface area (Å²) in [6, 6.07) is 95.6. The van der Waals surface area contributed by atoms with Gasteiger partial charge in [0.1, 0.15) is 22.3 Å². The van der Waals surface area contributed by atoms with E-state index in [-0.39, 0.29) is 27.1 Å². The quantitative estimate of drug-likeness (QED) is 0.0802. The monoisotopic (exact) mass is 1400 g/mol. The number of furan rings is 2. The van der Waals surface area contributed by atoms with E-state index in [9.17, 15) is 0 Å². The van der Waals surface area contributed by atoms with Gasteiger partial charge in [0.15, 0.2) is 0 Å². The largest absolute Gasteiger partial charge is 0.456 e. The number of hydrogen-bond acceptors (Lipinski definition) is 3. The molecule has 0 unspecified atom stereocenters. The summed E-state index contributed by atoms with van der Waals surface area (Å²) in [4.78, 5) is 2.48. The lowest BCUT2D eigenvalue weighted by Crippen LogP contribution is -2.25. The Balaban J connectivity index is 0.617. The predicted octanol–water partition coefficient (Wildman–Crippen LogP) is 30.2. The molecule has 0 spiro atoms. The van der Waals surface area contributed by atoms with Crippen molar-refractivity contribution in [2.24, 2.45) is 0 Å². The maximum atomic E-state index is 7.11. The normalized spacial score (nSPS) is 15.6. The van der Waals surface area contributed by atoms with Crippen molar-refractivity contribution in [1.82, 2.24) is 0 Å². The molecular weight excluding hydrogens is 1310 g/mol. The van der Waals surface area contributed by atoms with Gasteiger partial charge in [-0.25, -0.2) is 0 Å². The van der Waals surface area contributed by atoms with Gasteiger partial charge in [-0.2, -0.15) is 0 Å². The highest BCUT2D eigenvalue weighted by Crippen LogP contribution is 2.62. The molecule has 3 nitrogen and oxygen atoms in total. The summed E-state index contributed by atoms with van der Waals surface area (Å²) in [5.41, 5.74) is 40.9. The van der Waals surface area contributed by atoms with E-state index in [0.29, 0.717) is 0 Å². The molecule has 5 aliphatic rings. The van der Waals surface area contributed by atoms with E-state index in [4.69, 9.17) is 8.83 Å². The zero-order chi connectivity index (χ0) is 73.3. The molecule has 532 valence electrons. The van der Waals surface area contributed by atoms with E-state index in [0.717, 1.165) is 55.9 Å². The first-order valence-corrected chi connectivity index (χ1v) is 40.4. The third-order valence-electron chi connectivity index (χ3n) is 27.0. The lowest BCUT2D eigenvalue weighted by Gasteiger charge is -2.33. The van der Waals surface area contributed by atoms with E-state index in [2.05, 4.69) is 323 Å². The van der Waals surface area contributed by atoms with Crippen LogP contribution in [-0.4, -0.2) is 0 Å². The Bertz CT molecular complexity index is 6200. The number of para-hydroxylation sites is 3. The second-order valence-corrected chi connectivity index (χ2v) is 34.5. The molecule has 0 N–H and O–H groups in total. The van der Waals surface area contributed by atoms with Crippen molar-refractivity contribution < 1.29 is 8.83 Å². The van der Waals surface area contributed by atoms with Crippen molar-refractivity contribution in [1.29, 1.82) is 0 Å². The molecule has 2 heterocycles. The van der Waals surface area contributed by atoms with Crippen LogP contribution in [0.25, 0.3) is 133 Å². The fourth-order valence-electron chi connectivity index (χ4n) is 21.2. The van der Waals surface area contributed by atoms with Crippen LogP contribution >= 0.6 is 0 Å². The average molecular weight is 1400 g/mol. The molecule has 0 atom stereocenters. The van der Waals surface area contributed by atoms with E-state index >= 15 is 0 Å². The summed E-state index contributed by atoms with van der Waals surface area (Å²) >= 11 is 0. The maximum Gasteiger partial charge on any atom is 0.143 e. The van der Waals surface area contributed by atoms with Gasteiger partial charge in [0, 0.05) is 71.2 Å². The topological polar surface area (TPSA) is 29.5 Å². The van der Waals surface area contributed by atoms with Crippen LogP contribution in [0.4, 0.5) is 17.1 Å². The molecule has 20 rings (SSSR count). The van der Waals surface area contributed by atoms with Gasteiger partial charge in [-0.3, -0.25) is 0 Å². The first-order chi connectivity index (χ1) is 52.5. The highest BCUT2D eigenvalue weighted by molar-refractivity contribution is 6.19. The second-order valence-electron chi connectivity index (χ2n) is 34.5. The number of benzene rings is 13. The van der Waals surface area contributed by atoms with Gasteiger partial charge in [-0.05, 0) is 243 Å². The zero-order valence-corrected chi connectivity index (χ0v) is 64.4. The summed E-state index contributed by atoms with van der Waals surface area (Å²) in [5.74, 6) is 0. The number of anilines is 3. The number of hydrogen-bond donors (Lipinski definition) is 0. The number of nitrogens with zero attached hydrogens (tertiary/aromatic N) is 1. The molecule has 2 aromatic heterocycles. The third kappa shape index (κ3) is 9.77. The van der Waals surface area contributed by atoms with Crippen LogP contribution in [0.5, 0.6) is 0 Å². The van der Waals surface area contributed by atoms with Gasteiger partial charge in [0.05, 0.1) is 0 Å². The molecule has 108 heavy (non-hydrogen) atoms. The minimum absolute atomic E-state index is 0.0471. The molecule has 0 radical (unpaired) electrons. The van der Waals surface area contributed by atoms with Gasteiger partial charge in [-0.15, -0.1) is 0 Å². The number of rotatable bonds is 18. The highest BCUT2D eigenvalue weighted by Gasteiger charge is 2.46. The predicted molar refractivity (Wildman–Crippen MR) is 455 cm³/mol. The fraction of sp³-hybridized carbons (Fsp3) is 0.257. The smallest absolute Gasteiger partial charge is 0.143 e. The Kier molecular flexibility index (Phi) is 15.2. The summed E-state index contributed by atoms with van der Waals surface area (Å²) in [5, 5.41) is 4.73. The Morgan fingerprint density at radius 2 is 0.694 bits per heavy atom. The Labute approximate surface area is 637 Å². The van der Waals surface area contributed by atoms with E-state index in [1.165, 1.54) is 216 Å². The van der Waals surface area contributed by atoms with Crippen molar-refractivity contribution in [3.63, 3.8) is 0 Å². The molecule has 0 aliphatic heterocycles. The molecular formula is C105H95NO2. The van der Waals surface area contributed by atoms with Crippen LogP contribution < -0.4 is 4.90 Å². The Hall–Kier alpha value is -10.7. The van der Waals surface area contributed by atoms with Gasteiger partial charge in [-0.1, -0.05) is 291 Å². The molecule has 0 saturated heterocycles. The Morgan fingerprint density at radius 1 is 0.259 bits per heavy atom. The van der Waals surface area contributed by atoms with Crippen LogP contribution in [0.15, 0.2) is 258 Å². The molecule has 15 aromatic rings. The van der Waals surface area contributed by atoms with Crippen LogP contribution in [0.3, 0.4) is 0 Å². The molecule has 0 saturated carbocycles. The molecule has 3 heteroatoms. The fourth-order valence-corrected chi connectivity index (χ4v) is 21.2. The molecule has 13 aromatic carbocycles. The SMILES string of the molecule is CCCCCCCC1(CCCCCCC)c2ccccc2-c2ccc(-c3ccc4c(c3)C(C)(C)c3cc(-c5ccc(-c6cc7c(c8c6oc6ccccc68)-c6ccc(N(c8ccccc8)c8ccc9c(c8)C(C)(C)c8cc%10c(cc8-9)C(C)(C)c8ccc9oc%11ccccc%11c9c8-%10)cc6C7(C)C)cc5)ccc3-4)cc21. The standard InChI is InChI=1S/C105H95NO2/c1-11-13-15-17-28-54-105(55-29-18-16-14-12-2)83-35-25-22-32-72(83)75-49-44-68(58-91(75)105)67-43-48-74-73-47-42-66(56-85(73)102(5,6)86(74)57-67)64-38-40-65(41-39-64)80-61-92-96(99-79-34-24-27-37-94(79)108-100(80)99)77-51-46-71(60-88(77)104(92,9)10)106(69-30-20-19-21-31-69)70-45-50-76-81-62-90-82(63-89(81)103(7,8)87(76)59-70)97-84(101(90,3)4)52-53-95-98(97)78-33-23-26-36-93(78)107-95/h19-27,30-53,56-63H,11-18,28-29,54-55H2,1-10H3. The summed E-state index contributed by atoms with van der Waals surface area (Å²) in [7, 11) is 0. The lowest BCUT2D eigenvalue weighted by molar-refractivity contribution is 0.399. The minimum atomic E-state index is -0.358. The van der Waals surface area contributed by atoms with Crippen LogP contribution in [0.1, 0.15) is 202 Å². The second kappa shape index (κ2) is 24.6. The van der Waals surface area contributed by atoms with Crippen molar-refractivity contribution in [2.45, 2.75) is 173 Å². The Morgan fingerprint density at radius 3 is 1.35 bits per heavy atom.